The number of nitrogens with zero attached hydrogens (tertiary/aromatic N) is 5. The largest absolute Gasteiger partial charge is 0.496 e. The fourth-order valence-corrected chi connectivity index (χ4v) is 5.75. The molecule has 1 aliphatic heterocycles. The van der Waals surface area contributed by atoms with Crippen molar-refractivity contribution in [2.75, 3.05) is 84.5 Å². The molecule has 3 aromatic rings. The first-order valence-electron chi connectivity index (χ1n) is 16.7. The van der Waals surface area contributed by atoms with E-state index in [9.17, 15) is 4.79 Å². The number of piperazine rings is 1. The van der Waals surface area contributed by atoms with Crippen LogP contribution in [0.5, 0.6) is 23.0 Å². The zero-order valence-electron chi connectivity index (χ0n) is 29.7. The van der Waals surface area contributed by atoms with E-state index in [1.54, 1.807) is 44.6 Å². The minimum atomic E-state index is -0.485. The van der Waals surface area contributed by atoms with Crippen LogP contribution in [-0.4, -0.2) is 100 Å². The van der Waals surface area contributed by atoms with E-state index < -0.39 is 12.2 Å². The molecule has 1 amide bonds. The molecule has 0 spiro atoms. The number of benzene rings is 2. The van der Waals surface area contributed by atoms with Gasteiger partial charge in [-0.3, -0.25) is 4.90 Å². The fraction of sp³-hybridized carbons (Fsp3) is 0.528. The van der Waals surface area contributed by atoms with Crippen molar-refractivity contribution >= 4 is 23.5 Å². The van der Waals surface area contributed by atoms with Crippen molar-refractivity contribution in [1.82, 2.24) is 19.8 Å². The molecule has 4 rings (SSSR count). The SMILES string of the molecule is CCCN(C(=O)OC(c1cccc(OC)c1C)C(C)C)c1ccnc(Nc2cc(OC)c(OC)c(OCCCN3CCN(C)CC3)c2)n1. The van der Waals surface area contributed by atoms with Gasteiger partial charge in [0.2, 0.25) is 11.7 Å². The molecule has 0 aliphatic carbocycles. The van der Waals surface area contributed by atoms with Gasteiger partial charge in [-0.05, 0) is 56.0 Å². The lowest BCUT2D eigenvalue weighted by atomic mass is 9.94. The third-order valence-electron chi connectivity index (χ3n) is 8.44. The number of methoxy groups -OCH3 is 3. The molecule has 12 nitrogen and oxygen atoms in total. The Morgan fingerprint density at radius 1 is 1.00 bits per heavy atom. The summed E-state index contributed by atoms with van der Waals surface area (Å²) in [7, 11) is 6.97. The number of hydrogen-bond donors (Lipinski definition) is 1. The Hall–Kier alpha value is -4.29. The first-order valence-corrected chi connectivity index (χ1v) is 16.7. The van der Waals surface area contributed by atoms with Crippen molar-refractivity contribution in [3.05, 3.63) is 53.7 Å². The van der Waals surface area contributed by atoms with E-state index in [0.29, 0.717) is 54.3 Å². The molecule has 1 unspecified atom stereocenters. The van der Waals surface area contributed by atoms with Crippen LogP contribution in [-0.2, 0) is 4.74 Å². The molecule has 0 bridgehead atoms. The van der Waals surface area contributed by atoms with Crippen LogP contribution in [0.1, 0.15) is 50.8 Å². The van der Waals surface area contributed by atoms with Gasteiger partial charge in [0.05, 0.1) is 27.9 Å². The van der Waals surface area contributed by atoms with E-state index >= 15 is 0 Å². The number of ether oxygens (including phenoxy) is 5. The summed E-state index contributed by atoms with van der Waals surface area (Å²) in [6.45, 7) is 14.3. The third kappa shape index (κ3) is 9.41. The highest BCUT2D eigenvalue weighted by molar-refractivity contribution is 5.86. The molecule has 0 saturated carbocycles. The molecule has 12 heteroatoms. The monoisotopic (exact) mass is 664 g/mol. The van der Waals surface area contributed by atoms with Crippen molar-refractivity contribution in [1.29, 1.82) is 0 Å². The van der Waals surface area contributed by atoms with E-state index in [-0.39, 0.29) is 5.92 Å². The second-order valence-corrected chi connectivity index (χ2v) is 12.3. The molecule has 1 atom stereocenters. The molecule has 2 heterocycles. The summed E-state index contributed by atoms with van der Waals surface area (Å²) in [5.74, 6) is 3.08. The maximum Gasteiger partial charge on any atom is 0.416 e. The molecule has 1 fully saturated rings. The summed E-state index contributed by atoms with van der Waals surface area (Å²) >= 11 is 0. The number of rotatable bonds is 16. The number of carbonyl (C=O) groups excluding carboxylic acids is 1. The average molecular weight is 665 g/mol. The predicted octanol–water partition coefficient (Wildman–Crippen LogP) is 6.32. The molecule has 1 aromatic heterocycles. The topological polar surface area (TPSA) is 111 Å². The quantitative estimate of drug-likeness (QED) is 0.174. The highest BCUT2D eigenvalue weighted by atomic mass is 16.6. The zero-order valence-corrected chi connectivity index (χ0v) is 29.7. The third-order valence-corrected chi connectivity index (χ3v) is 8.44. The maximum absolute atomic E-state index is 13.7. The number of likely N-dealkylation sites (N-methyl/N-ethyl adjacent to an activating group) is 1. The van der Waals surface area contributed by atoms with Crippen LogP contribution in [0.15, 0.2) is 42.6 Å². The Morgan fingerprint density at radius 3 is 2.40 bits per heavy atom. The number of anilines is 3. The smallest absolute Gasteiger partial charge is 0.416 e. The molecule has 1 N–H and O–H groups in total. The molecule has 262 valence electrons. The molecule has 48 heavy (non-hydrogen) atoms. The predicted molar refractivity (Wildman–Crippen MR) is 188 cm³/mol. The lowest BCUT2D eigenvalue weighted by molar-refractivity contribution is 0.0756. The maximum atomic E-state index is 13.7. The fourth-order valence-electron chi connectivity index (χ4n) is 5.75. The van der Waals surface area contributed by atoms with Crippen molar-refractivity contribution in [3.63, 3.8) is 0 Å². The molecular weight excluding hydrogens is 612 g/mol. The average Bonchev–Trinajstić information content (AvgIpc) is 3.08. The summed E-state index contributed by atoms with van der Waals surface area (Å²) in [4.78, 5) is 29.2. The van der Waals surface area contributed by atoms with Gasteiger partial charge < -0.3 is 38.8 Å². The zero-order chi connectivity index (χ0) is 34.6. The van der Waals surface area contributed by atoms with Gasteiger partial charge in [-0.2, -0.15) is 4.98 Å². The standard InChI is InChI=1S/C36H52N6O6/c1-9-16-42(36(43)48-33(25(2)3)28-12-10-13-29(44-6)26(28)4)32-14-15-37-35(39-32)38-27-23-30(45-7)34(46-8)31(24-27)47-22-11-17-41-20-18-40(5)19-21-41/h10,12-15,23-25,33H,9,11,16-22H2,1-8H3,(H,37,38,39). The van der Waals surface area contributed by atoms with Crippen LogP contribution in [0, 0.1) is 12.8 Å². The first-order chi connectivity index (χ1) is 23.2. The van der Waals surface area contributed by atoms with Crippen LogP contribution in [0.4, 0.5) is 22.2 Å². The molecule has 1 saturated heterocycles. The molecule has 2 aromatic carbocycles. The van der Waals surface area contributed by atoms with Crippen LogP contribution >= 0.6 is 0 Å². The van der Waals surface area contributed by atoms with Crippen molar-refractivity contribution in [3.8, 4) is 23.0 Å². The number of carbonyl (C=O) groups is 1. The van der Waals surface area contributed by atoms with Gasteiger partial charge in [0.15, 0.2) is 11.5 Å². The molecular formula is C36H52N6O6. The normalized spacial score (nSPS) is 14.4. The van der Waals surface area contributed by atoms with Gasteiger partial charge in [0.1, 0.15) is 17.7 Å². The summed E-state index contributed by atoms with van der Waals surface area (Å²) in [5.41, 5.74) is 2.50. The number of aromatic nitrogens is 2. The van der Waals surface area contributed by atoms with Crippen LogP contribution < -0.4 is 29.2 Å². The van der Waals surface area contributed by atoms with Gasteiger partial charge in [-0.1, -0.05) is 32.9 Å². The van der Waals surface area contributed by atoms with Gasteiger partial charge >= 0.3 is 6.09 Å². The number of nitrogens with one attached hydrogen (secondary N) is 1. The minimum absolute atomic E-state index is 0.0270. The van der Waals surface area contributed by atoms with Gasteiger partial charge in [0.25, 0.3) is 0 Å². The van der Waals surface area contributed by atoms with Crippen LogP contribution in [0.3, 0.4) is 0 Å². The summed E-state index contributed by atoms with van der Waals surface area (Å²) in [6, 6.07) is 11.1. The van der Waals surface area contributed by atoms with E-state index in [0.717, 1.165) is 56.0 Å². The lowest BCUT2D eigenvalue weighted by Gasteiger charge is -2.32. The Bertz CT molecular complexity index is 1480. The lowest BCUT2D eigenvalue weighted by Crippen LogP contribution is -2.44. The second kappa shape index (κ2) is 17.7. The molecule has 1 aliphatic rings. The first kappa shape index (κ1) is 36.5. The summed E-state index contributed by atoms with van der Waals surface area (Å²) < 4.78 is 29.2. The van der Waals surface area contributed by atoms with E-state index in [2.05, 4.69) is 27.1 Å². The van der Waals surface area contributed by atoms with Crippen LogP contribution in [0.2, 0.25) is 0 Å². The Kier molecular flexibility index (Phi) is 13.5. The summed E-state index contributed by atoms with van der Waals surface area (Å²) in [5, 5.41) is 3.25. The van der Waals surface area contributed by atoms with Gasteiger partial charge in [-0.25, -0.2) is 9.78 Å². The van der Waals surface area contributed by atoms with Gasteiger partial charge in [-0.15, -0.1) is 0 Å². The van der Waals surface area contributed by atoms with E-state index in [1.165, 1.54) is 0 Å². The van der Waals surface area contributed by atoms with Gasteiger partial charge in [0, 0.05) is 63.3 Å². The Labute approximate surface area is 285 Å². The van der Waals surface area contributed by atoms with E-state index in [4.69, 9.17) is 28.7 Å². The Balaban J connectivity index is 1.50. The Morgan fingerprint density at radius 2 is 1.73 bits per heavy atom. The van der Waals surface area contributed by atoms with E-state index in [1.807, 2.05) is 52.0 Å². The number of hydrogen-bond acceptors (Lipinski definition) is 11. The second-order valence-electron chi connectivity index (χ2n) is 12.3. The van der Waals surface area contributed by atoms with Crippen molar-refractivity contribution < 1.29 is 28.5 Å². The minimum Gasteiger partial charge on any atom is -0.496 e. The van der Waals surface area contributed by atoms with Crippen LogP contribution in [0.25, 0.3) is 0 Å². The van der Waals surface area contributed by atoms with Crippen molar-refractivity contribution in [2.45, 2.75) is 46.6 Å². The molecule has 0 radical (unpaired) electrons. The highest BCUT2D eigenvalue weighted by Crippen LogP contribution is 2.41. The number of amides is 1. The summed E-state index contributed by atoms with van der Waals surface area (Å²) in [6.07, 6.45) is 2.25. The van der Waals surface area contributed by atoms with Crippen molar-refractivity contribution in [2.24, 2.45) is 5.92 Å². The highest BCUT2D eigenvalue weighted by Gasteiger charge is 2.28.